The summed E-state index contributed by atoms with van der Waals surface area (Å²) in [5.41, 5.74) is 3.57. The van der Waals surface area contributed by atoms with Crippen molar-refractivity contribution in [2.24, 2.45) is 0 Å². The molecule has 7 heteroatoms. The molecule has 162 valence electrons. The van der Waals surface area contributed by atoms with Crippen LogP contribution in [0, 0.1) is 6.92 Å². The lowest BCUT2D eigenvalue weighted by atomic mass is 10.0. The van der Waals surface area contributed by atoms with Crippen molar-refractivity contribution < 1.29 is 18.6 Å². The number of ether oxygens (including phenoxy) is 3. The number of fused-ring (bicyclic) bond motifs is 2. The van der Waals surface area contributed by atoms with Crippen LogP contribution < -0.4 is 14.9 Å². The van der Waals surface area contributed by atoms with Gasteiger partial charge >= 0.3 is 0 Å². The fraction of sp³-hybridized carbons (Fsp3) is 0.160. The molecule has 3 aromatic carbocycles. The van der Waals surface area contributed by atoms with E-state index in [0.717, 1.165) is 26.9 Å². The van der Waals surface area contributed by atoms with E-state index in [-0.39, 0.29) is 12.2 Å². The van der Waals surface area contributed by atoms with Gasteiger partial charge in [0, 0.05) is 26.7 Å². The zero-order valence-corrected chi connectivity index (χ0v) is 19.5. The summed E-state index contributed by atoms with van der Waals surface area (Å²) >= 11 is 9.50. The predicted molar refractivity (Wildman–Crippen MR) is 126 cm³/mol. The average molecular weight is 514 g/mol. The number of hydrogen-bond acceptors (Lipinski definition) is 5. The van der Waals surface area contributed by atoms with Gasteiger partial charge in [0.05, 0.1) is 17.6 Å². The van der Waals surface area contributed by atoms with Crippen LogP contribution in [-0.2, 0) is 18.0 Å². The monoisotopic (exact) mass is 512 g/mol. The normalized spacial score (nSPS) is 13.0. The molecule has 0 radical (unpaired) electrons. The molecule has 1 aromatic heterocycles. The molecular formula is C25H18BrClO5. The van der Waals surface area contributed by atoms with Crippen molar-refractivity contribution in [3.8, 4) is 22.6 Å². The fourth-order valence-corrected chi connectivity index (χ4v) is 4.53. The molecular weight excluding hydrogens is 496 g/mol. The highest BCUT2D eigenvalue weighted by Crippen LogP contribution is 2.33. The SMILES string of the molecule is Cc1oc2cc(OCc3cc(Br)cc4c3OCOC4)ccc2c(=O)c1-c1ccc(Cl)cc1. The second-order valence-corrected chi connectivity index (χ2v) is 8.83. The van der Waals surface area contributed by atoms with Crippen LogP contribution >= 0.6 is 27.5 Å². The van der Waals surface area contributed by atoms with Gasteiger partial charge in [-0.25, -0.2) is 0 Å². The van der Waals surface area contributed by atoms with Gasteiger partial charge in [-0.2, -0.15) is 0 Å². The lowest BCUT2D eigenvalue weighted by Crippen LogP contribution is -2.14. The highest BCUT2D eigenvalue weighted by molar-refractivity contribution is 9.10. The molecule has 0 N–H and O–H groups in total. The van der Waals surface area contributed by atoms with E-state index in [4.69, 9.17) is 30.2 Å². The van der Waals surface area contributed by atoms with Gasteiger partial charge in [-0.1, -0.05) is 39.7 Å². The van der Waals surface area contributed by atoms with E-state index in [2.05, 4.69) is 15.9 Å². The lowest BCUT2D eigenvalue weighted by Gasteiger charge is -2.21. The molecule has 0 spiro atoms. The Hall–Kier alpha value is -2.80. The molecule has 0 amide bonds. The molecule has 5 nitrogen and oxygen atoms in total. The third-order valence-electron chi connectivity index (χ3n) is 5.32. The van der Waals surface area contributed by atoms with Gasteiger partial charge in [0.15, 0.2) is 6.79 Å². The van der Waals surface area contributed by atoms with Crippen molar-refractivity contribution >= 4 is 38.5 Å². The minimum atomic E-state index is -0.0907. The van der Waals surface area contributed by atoms with Gasteiger partial charge in [0.25, 0.3) is 0 Å². The van der Waals surface area contributed by atoms with E-state index < -0.39 is 0 Å². The summed E-state index contributed by atoms with van der Waals surface area (Å²) in [4.78, 5) is 13.2. The van der Waals surface area contributed by atoms with Crippen molar-refractivity contribution in [1.82, 2.24) is 0 Å². The van der Waals surface area contributed by atoms with Gasteiger partial charge in [-0.05, 0) is 48.9 Å². The van der Waals surface area contributed by atoms with Crippen molar-refractivity contribution in [3.05, 3.63) is 91.2 Å². The summed E-state index contributed by atoms with van der Waals surface area (Å²) < 4.78 is 24.0. The van der Waals surface area contributed by atoms with Crippen LogP contribution in [0.5, 0.6) is 11.5 Å². The highest BCUT2D eigenvalue weighted by Gasteiger charge is 2.18. The largest absolute Gasteiger partial charge is 0.489 e. The Labute approximate surface area is 197 Å². The van der Waals surface area contributed by atoms with Crippen LogP contribution in [0.25, 0.3) is 22.1 Å². The van der Waals surface area contributed by atoms with Gasteiger partial charge in [0.1, 0.15) is 29.4 Å². The van der Waals surface area contributed by atoms with Crippen molar-refractivity contribution in [2.75, 3.05) is 6.79 Å². The molecule has 1 aliphatic rings. The Morgan fingerprint density at radius 2 is 1.91 bits per heavy atom. The van der Waals surface area contributed by atoms with Crippen LogP contribution in [0.2, 0.25) is 5.02 Å². The summed E-state index contributed by atoms with van der Waals surface area (Å²) in [6.45, 7) is 2.81. The first-order valence-corrected chi connectivity index (χ1v) is 11.1. The minimum Gasteiger partial charge on any atom is -0.489 e. The van der Waals surface area contributed by atoms with E-state index in [1.165, 1.54) is 0 Å². The number of rotatable bonds is 4. The molecule has 0 aliphatic carbocycles. The Kier molecular flexibility index (Phi) is 5.67. The first kappa shape index (κ1) is 21.1. The maximum absolute atomic E-state index is 13.2. The number of aryl methyl sites for hydroxylation is 1. The molecule has 0 bridgehead atoms. The third kappa shape index (κ3) is 4.01. The summed E-state index contributed by atoms with van der Waals surface area (Å²) in [5, 5.41) is 1.11. The highest BCUT2D eigenvalue weighted by atomic mass is 79.9. The van der Waals surface area contributed by atoms with Crippen LogP contribution in [0.15, 0.2) is 68.3 Å². The Balaban J connectivity index is 1.46. The van der Waals surface area contributed by atoms with Crippen molar-refractivity contribution in [3.63, 3.8) is 0 Å². The van der Waals surface area contributed by atoms with E-state index in [0.29, 0.717) is 46.3 Å². The lowest BCUT2D eigenvalue weighted by molar-refractivity contribution is -0.0176. The Morgan fingerprint density at radius 1 is 1.09 bits per heavy atom. The third-order valence-corrected chi connectivity index (χ3v) is 6.03. The Morgan fingerprint density at radius 3 is 2.72 bits per heavy atom. The number of benzene rings is 3. The summed E-state index contributed by atoms with van der Waals surface area (Å²) in [5.74, 6) is 1.92. The second-order valence-electron chi connectivity index (χ2n) is 7.48. The molecule has 4 aromatic rings. The summed E-state index contributed by atoms with van der Waals surface area (Å²) in [6.07, 6.45) is 0. The molecule has 32 heavy (non-hydrogen) atoms. The molecule has 5 rings (SSSR count). The molecule has 2 heterocycles. The van der Waals surface area contributed by atoms with Crippen LogP contribution in [-0.4, -0.2) is 6.79 Å². The quantitative estimate of drug-likeness (QED) is 0.306. The fourth-order valence-electron chi connectivity index (χ4n) is 3.85. The zero-order chi connectivity index (χ0) is 22.2. The minimum absolute atomic E-state index is 0.0907. The molecule has 0 saturated carbocycles. The second kappa shape index (κ2) is 8.62. The standard InChI is InChI=1S/C25H18BrClO5/c1-14-23(15-2-4-19(27)5-3-15)24(28)21-7-6-20(10-22(21)32-14)30-12-17-9-18(26)8-16-11-29-13-31-25(16)17/h2-10H,11-13H2,1H3. The molecule has 0 atom stereocenters. The average Bonchev–Trinajstić information content (AvgIpc) is 2.78. The van der Waals surface area contributed by atoms with Crippen molar-refractivity contribution in [1.29, 1.82) is 0 Å². The topological polar surface area (TPSA) is 57.9 Å². The number of hydrogen-bond donors (Lipinski definition) is 0. The maximum atomic E-state index is 13.2. The zero-order valence-electron chi connectivity index (χ0n) is 17.1. The van der Waals surface area contributed by atoms with Gasteiger partial charge in [-0.15, -0.1) is 0 Å². The van der Waals surface area contributed by atoms with E-state index >= 15 is 0 Å². The molecule has 0 saturated heterocycles. The molecule has 0 fully saturated rings. The van der Waals surface area contributed by atoms with E-state index in [9.17, 15) is 4.79 Å². The Bertz CT molecular complexity index is 1380. The van der Waals surface area contributed by atoms with Crippen molar-refractivity contribution in [2.45, 2.75) is 20.1 Å². The van der Waals surface area contributed by atoms with E-state index in [1.54, 1.807) is 37.3 Å². The first-order valence-electron chi connectivity index (χ1n) is 9.97. The van der Waals surface area contributed by atoms with Gasteiger partial charge in [0.2, 0.25) is 5.43 Å². The first-order chi connectivity index (χ1) is 15.5. The maximum Gasteiger partial charge on any atom is 0.200 e. The smallest absolute Gasteiger partial charge is 0.200 e. The molecule has 0 unspecified atom stereocenters. The van der Waals surface area contributed by atoms with Crippen LogP contribution in [0.1, 0.15) is 16.9 Å². The van der Waals surface area contributed by atoms with Gasteiger partial charge in [-0.3, -0.25) is 4.79 Å². The van der Waals surface area contributed by atoms with E-state index in [1.807, 2.05) is 24.3 Å². The number of halogens is 2. The van der Waals surface area contributed by atoms with Crippen LogP contribution in [0.4, 0.5) is 0 Å². The molecule has 1 aliphatic heterocycles. The van der Waals surface area contributed by atoms with Gasteiger partial charge < -0.3 is 18.6 Å². The summed E-state index contributed by atoms with van der Waals surface area (Å²) in [6, 6.07) is 16.3. The predicted octanol–water partition coefficient (Wildman–Crippen LogP) is 6.63. The summed E-state index contributed by atoms with van der Waals surface area (Å²) in [7, 11) is 0. The van der Waals surface area contributed by atoms with Crippen LogP contribution in [0.3, 0.4) is 0 Å².